The molecule has 0 aromatic carbocycles. The van der Waals surface area contributed by atoms with Gasteiger partial charge >= 0.3 is 0 Å². The zero-order valence-corrected chi connectivity index (χ0v) is 14.9. The van der Waals surface area contributed by atoms with Crippen LogP contribution in [0.15, 0.2) is 34.1 Å². The van der Waals surface area contributed by atoms with Gasteiger partial charge in [0.05, 0.1) is 6.61 Å². The van der Waals surface area contributed by atoms with E-state index in [1.54, 1.807) is 0 Å². The molecule has 4 rings (SSSR count). The summed E-state index contributed by atoms with van der Waals surface area (Å²) >= 11 is 0. The molecule has 1 heterocycles. The van der Waals surface area contributed by atoms with E-state index in [0.29, 0.717) is 28.7 Å². The number of rotatable bonds is 0. The van der Waals surface area contributed by atoms with Crippen LogP contribution in [0.1, 0.15) is 46.5 Å². The third-order valence-corrected chi connectivity index (χ3v) is 6.56. The van der Waals surface area contributed by atoms with Gasteiger partial charge in [-0.3, -0.25) is 9.59 Å². The number of carbonyl (C=O) groups is 2. The summed E-state index contributed by atoms with van der Waals surface area (Å²) in [7, 11) is 0. The maximum absolute atomic E-state index is 13.1. The molecule has 0 aromatic rings. The van der Waals surface area contributed by atoms with Crippen LogP contribution in [0.25, 0.3) is 0 Å². The number of fused-ring (bicyclic) bond motifs is 4. The topological polar surface area (TPSA) is 83.8 Å². The van der Waals surface area contributed by atoms with E-state index >= 15 is 0 Å². The molecule has 0 spiro atoms. The van der Waals surface area contributed by atoms with E-state index in [-0.39, 0.29) is 29.5 Å². The lowest BCUT2D eigenvalue weighted by atomic mass is 9.48. The van der Waals surface area contributed by atoms with Crippen molar-refractivity contribution in [2.45, 2.75) is 52.7 Å². The average molecular weight is 344 g/mol. The molecule has 2 N–H and O–H groups in total. The van der Waals surface area contributed by atoms with Gasteiger partial charge < -0.3 is 14.9 Å². The van der Waals surface area contributed by atoms with Crippen molar-refractivity contribution in [3.63, 3.8) is 0 Å². The molecule has 1 fully saturated rings. The highest BCUT2D eigenvalue weighted by Gasteiger charge is 2.57. The van der Waals surface area contributed by atoms with E-state index in [1.165, 1.54) is 6.08 Å². The van der Waals surface area contributed by atoms with E-state index in [4.69, 9.17) is 4.74 Å². The van der Waals surface area contributed by atoms with E-state index < -0.39 is 17.5 Å². The molecule has 0 unspecified atom stereocenters. The fourth-order valence-electron chi connectivity index (χ4n) is 5.67. The second kappa shape index (κ2) is 5.15. The van der Waals surface area contributed by atoms with Gasteiger partial charge in [0.15, 0.2) is 17.8 Å². The molecule has 1 saturated carbocycles. The Balaban J connectivity index is 1.99. The monoisotopic (exact) mass is 344 g/mol. The number of Topliss-reactive ketones (excluding diaryl/α,β-unsaturated/α-hetero) is 1. The highest BCUT2D eigenvalue weighted by atomic mass is 16.6. The maximum atomic E-state index is 13.1. The van der Waals surface area contributed by atoms with Crippen molar-refractivity contribution >= 4 is 11.6 Å². The predicted octanol–water partition coefficient (Wildman–Crippen LogP) is 2.76. The molecule has 5 heteroatoms. The minimum Gasteiger partial charge on any atom is -0.504 e. The van der Waals surface area contributed by atoms with Crippen LogP contribution in [0.5, 0.6) is 0 Å². The molecule has 5 nitrogen and oxygen atoms in total. The third-order valence-electron chi connectivity index (χ3n) is 6.56. The molecule has 0 aromatic heterocycles. The summed E-state index contributed by atoms with van der Waals surface area (Å²) < 4.78 is 5.31. The van der Waals surface area contributed by atoms with Gasteiger partial charge in [-0.2, -0.15) is 0 Å². The van der Waals surface area contributed by atoms with Crippen molar-refractivity contribution < 1.29 is 24.5 Å². The zero-order chi connectivity index (χ0) is 18.1. The Kier molecular flexibility index (Phi) is 3.44. The Morgan fingerprint density at radius 2 is 1.92 bits per heavy atom. The molecule has 3 atom stereocenters. The van der Waals surface area contributed by atoms with E-state index in [2.05, 4.69) is 13.8 Å². The molecule has 0 radical (unpaired) electrons. The standard InChI is InChI=1S/C20H24O5/c1-19(2)6-4-7-20(3)14-11(9-12(21)17(19)20)13-10(15(22)16(14)23)5-8-25-18(13)24/h9,17-18,23-24H,4-8H2,1-3H3/t17-,18-,20+/m0/s1. The quantitative estimate of drug-likeness (QED) is 0.706. The van der Waals surface area contributed by atoms with Crippen molar-refractivity contribution in [3.8, 4) is 0 Å². The van der Waals surface area contributed by atoms with E-state index in [1.807, 2.05) is 6.92 Å². The average Bonchev–Trinajstić information content (AvgIpc) is 2.50. The van der Waals surface area contributed by atoms with Gasteiger partial charge in [-0.15, -0.1) is 0 Å². The molecular weight excluding hydrogens is 320 g/mol. The first-order chi connectivity index (χ1) is 11.7. The van der Waals surface area contributed by atoms with Crippen molar-refractivity contribution in [3.05, 3.63) is 34.1 Å². The molecule has 0 amide bonds. The predicted molar refractivity (Wildman–Crippen MR) is 90.6 cm³/mol. The molecule has 134 valence electrons. The molecule has 3 aliphatic carbocycles. The van der Waals surface area contributed by atoms with Gasteiger partial charge in [0, 0.05) is 34.5 Å². The molecule has 0 bridgehead atoms. The van der Waals surface area contributed by atoms with Crippen molar-refractivity contribution in [2.75, 3.05) is 6.61 Å². The Bertz CT molecular complexity index is 782. The first-order valence-electron chi connectivity index (χ1n) is 8.96. The van der Waals surface area contributed by atoms with E-state index in [0.717, 1.165) is 19.3 Å². The second-order valence-corrected chi connectivity index (χ2v) is 8.57. The number of carbonyl (C=O) groups excluding carboxylic acids is 2. The lowest BCUT2D eigenvalue weighted by molar-refractivity contribution is -0.131. The number of ether oxygens (including phenoxy) is 1. The smallest absolute Gasteiger partial charge is 0.224 e. The Hall–Kier alpha value is -1.72. The first kappa shape index (κ1) is 16.7. The van der Waals surface area contributed by atoms with Gasteiger partial charge in [0.1, 0.15) is 0 Å². The normalized spacial score (nSPS) is 37.4. The lowest BCUT2D eigenvalue weighted by Gasteiger charge is -2.54. The van der Waals surface area contributed by atoms with Crippen LogP contribution >= 0.6 is 0 Å². The largest absolute Gasteiger partial charge is 0.504 e. The van der Waals surface area contributed by atoms with Gasteiger partial charge in [-0.05, 0) is 29.9 Å². The fourth-order valence-corrected chi connectivity index (χ4v) is 5.67. The van der Waals surface area contributed by atoms with E-state index in [9.17, 15) is 19.8 Å². The number of hydrogen-bond donors (Lipinski definition) is 2. The summed E-state index contributed by atoms with van der Waals surface area (Å²) in [6.07, 6.45) is 3.22. The van der Waals surface area contributed by atoms with Crippen molar-refractivity contribution in [1.82, 2.24) is 0 Å². The Labute approximate surface area is 147 Å². The molecule has 0 saturated heterocycles. The van der Waals surface area contributed by atoms with Crippen LogP contribution in [0, 0.1) is 16.7 Å². The Morgan fingerprint density at radius 3 is 2.64 bits per heavy atom. The van der Waals surface area contributed by atoms with Crippen LogP contribution < -0.4 is 0 Å². The first-order valence-corrected chi connectivity index (χ1v) is 8.96. The third kappa shape index (κ3) is 2.09. The van der Waals surface area contributed by atoms with Crippen molar-refractivity contribution in [1.29, 1.82) is 0 Å². The molecular formula is C20H24O5. The summed E-state index contributed by atoms with van der Waals surface area (Å²) in [6.45, 7) is 6.36. The van der Waals surface area contributed by atoms with Crippen LogP contribution in [0.4, 0.5) is 0 Å². The van der Waals surface area contributed by atoms with Gasteiger partial charge in [0.25, 0.3) is 0 Å². The summed E-state index contributed by atoms with van der Waals surface area (Å²) in [5.74, 6) is -0.956. The summed E-state index contributed by atoms with van der Waals surface area (Å²) in [5, 5.41) is 21.1. The SMILES string of the molecule is CC1(C)CCC[C@]2(C)C3=C(O)C(=O)C4=C(C3=CC(=O)[C@@H]12)[C@@H](O)OCC4. The highest BCUT2D eigenvalue weighted by Crippen LogP contribution is 2.61. The fraction of sp³-hybridized carbons (Fsp3) is 0.600. The Morgan fingerprint density at radius 1 is 1.20 bits per heavy atom. The number of ketones is 2. The van der Waals surface area contributed by atoms with Gasteiger partial charge in [-0.25, -0.2) is 0 Å². The van der Waals surface area contributed by atoms with Crippen LogP contribution in [-0.2, 0) is 14.3 Å². The summed E-state index contributed by atoms with van der Waals surface area (Å²) in [6, 6.07) is 0. The zero-order valence-electron chi connectivity index (χ0n) is 14.9. The second-order valence-electron chi connectivity index (χ2n) is 8.57. The van der Waals surface area contributed by atoms with Crippen LogP contribution in [0.3, 0.4) is 0 Å². The molecule has 25 heavy (non-hydrogen) atoms. The lowest BCUT2D eigenvalue weighted by Crippen LogP contribution is -2.51. The van der Waals surface area contributed by atoms with Crippen LogP contribution in [0.2, 0.25) is 0 Å². The number of aliphatic hydroxyl groups is 2. The molecule has 1 aliphatic heterocycles. The number of aliphatic hydroxyl groups excluding tert-OH is 2. The summed E-state index contributed by atoms with van der Waals surface area (Å²) in [4.78, 5) is 25.8. The number of hydrogen-bond acceptors (Lipinski definition) is 5. The van der Waals surface area contributed by atoms with Gasteiger partial charge in [0.2, 0.25) is 5.78 Å². The maximum Gasteiger partial charge on any atom is 0.224 e. The minimum atomic E-state index is -1.23. The van der Waals surface area contributed by atoms with Gasteiger partial charge in [-0.1, -0.05) is 27.2 Å². The minimum absolute atomic E-state index is 0.0118. The molecule has 4 aliphatic rings. The highest BCUT2D eigenvalue weighted by molar-refractivity contribution is 6.12. The number of allylic oxidation sites excluding steroid dienone is 3. The van der Waals surface area contributed by atoms with Crippen molar-refractivity contribution in [2.24, 2.45) is 16.7 Å². The van der Waals surface area contributed by atoms with Crippen LogP contribution in [-0.4, -0.2) is 34.7 Å². The summed E-state index contributed by atoms with van der Waals surface area (Å²) in [5.41, 5.74) is 0.951.